The zero-order valence-electron chi connectivity index (χ0n) is 20.0. The summed E-state index contributed by atoms with van der Waals surface area (Å²) in [5, 5.41) is 6.43. The summed E-state index contributed by atoms with van der Waals surface area (Å²) in [4.78, 5) is 27.3. The molecule has 1 aromatic carbocycles. The lowest BCUT2D eigenvalue weighted by Gasteiger charge is -2.28. The zero-order valence-corrected chi connectivity index (χ0v) is 20.8. The number of carbonyl (C=O) groups excluding carboxylic acids is 2. The van der Waals surface area contributed by atoms with E-state index in [1.165, 1.54) is 4.31 Å². The Morgan fingerprint density at radius 1 is 1.12 bits per heavy atom. The molecule has 10 nitrogen and oxygen atoms in total. The van der Waals surface area contributed by atoms with Crippen molar-refractivity contribution in [2.45, 2.75) is 51.7 Å². The van der Waals surface area contributed by atoms with Gasteiger partial charge in [-0.25, -0.2) is 13.2 Å². The quantitative estimate of drug-likeness (QED) is 0.630. The predicted molar refractivity (Wildman–Crippen MR) is 124 cm³/mol. The van der Waals surface area contributed by atoms with Gasteiger partial charge < -0.3 is 19.5 Å². The van der Waals surface area contributed by atoms with Gasteiger partial charge in [-0.3, -0.25) is 4.79 Å². The molecule has 0 bridgehead atoms. The minimum atomic E-state index is -3.79. The maximum Gasteiger partial charge on any atom is 0.408 e. The topological polar surface area (TPSA) is 122 Å². The van der Waals surface area contributed by atoms with E-state index in [1.807, 2.05) is 44.2 Å². The molecule has 0 aliphatic carbocycles. The van der Waals surface area contributed by atoms with Crippen molar-refractivity contribution >= 4 is 22.0 Å². The highest BCUT2D eigenvalue weighted by Crippen LogP contribution is 2.24. The van der Waals surface area contributed by atoms with Crippen LogP contribution >= 0.6 is 0 Å². The molecule has 0 radical (unpaired) electrons. The van der Waals surface area contributed by atoms with E-state index in [1.54, 1.807) is 18.7 Å². The Kier molecular flexibility index (Phi) is 8.32. The predicted octanol–water partition coefficient (Wildman–Crippen LogP) is 2.47. The molecule has 186 valence electrons. The lowest BCUT2D eigenvalue weighted by molar-refractivity contribution is -0.134. The van der Waals surface area contributed by atoms with Crippen molar-refractivity contribution in [3.05, 3.63) is 47.3 Å². The van der Waals surface area contributed by atoms with Crippen LogP contribution < -0.4 is 5.32 Å². The Labute approximate surface area is 200 Å². The van der Waals surface area contributed by atoms with E-state index in [0.717, 1.165) is 5.56 Å². The second kappa shape index (κ2) is 11.0. The van der Waals surface area contributed by atoms with Crippen molar-refractivity contribution in [2.24, 2.45) is 5.92 Å². The van der Waals surface area contributed by atoms with E-state index < -0.39 is 22.2 Å². The van der Waals surface area contributed by atoms with E-state index in [4.69, 9.17) is 9.26 Å². The number of nitrogens with zero attached hydrogens (tertiary/aromatic N) is 3. The first kappa shape index (κ1) is 25.7. The van der Waals surface area contributed by atoms with Crippen LogP contribution in [0.4, 0.5) is 4.79 Å². The molecule has 2 amide bonds. The zero-order chi connectivity index (χ0) is 24.9. The smallest absolute Gasteiger partial charge is 0.408 e. The van der Waals surface area contributed by atoms with Gasteiger partial charge in [-0.1, -0.05) is 49.3 Å². The summed E-state index contributed by atoms with van der Waals surface area (Å²) >= 11 is 0. The third kappa shape index (κ3) is 5.95. The van der Waals surface area contributed by atoms with Crippen molar-refractivity contribution in [3.8, 4) is 0 Å². The lowest BCUT2D eigenvalue weighted by Crippen LogP contribution is -2.52. The summed E-state index contributed by atoms with van der Waals surface area (Å²) in [5.41, 5.74) is 1.16. The van der Waals surface area contributed by atoms with Crippen LogP contribution in [-0.4, -0.2) is 67.0 Å². The normalized spacial score (nSPS) is 16.2. The fraction of sp³-hybridized carbons (Fsp3) is 0.522. The fourth-order valence-electron chi connectivity index (χ4n) is 3.93. The minimum Gasteiger partial charge on any atom is -0.445 e. The van der Waals surface area contributed by atoms with Gasteiger partial charge in [0.05, 0.1) is 0 Å². The molecule has 0 unspecified atom stereocenters. The van der Waals surface area contributed by atoms with Gasteiger partial charge in [-0.05, 0) is 31.7 Å². The Morgan fingerprint density at radius 3 is 2.44 bits per heavy atom. The van der Waals surface area contributed by atoms with Crippen LogP contribution in [0, 0.1) is 19.8 Å². The number of hydrogen-bond acceptors (Lipinski definition) is 7. The number of sulfonamides is 1. The number of aryl methyl sites for hydroxylation is 2. The van der Waals surface area contributed by atoms with Gasteiger partial charge in [0.2, 0.25) is 15.9 Å². The molecule has 1 aliphatic rings. The van der Waals surface area contributed by atoms with Gasteiger partial charge in [0.1, 0.15) is 23.2 Å². The van der Waals surface area contributed by atoms with Gasteiger partial charge in [0, 0.05) is 26.2 Å². The molecule has 1 aromatic heterocycles. The van der Waals surface area contributed by atoms with Gasteiger partial charge >= 0.3 is 6.09 Å². The molecule has 11 heteroatoms. The van der Waals surface area contributed by atoms with E-state index in [9.17, 15) is 18.0 Å². The third-order valence-electron chi connectivity index (χ3n) is 5.75. The second-order valence-electron chi connectivity index (χ2n) is 8.66. The molecule has 2 aromatic rings. The Morgan fingerprint density at radius 2 is 1.82 bits per heavy atom. The largest absolute Gasteiger partial charge is 0.445 e. The van der Waals surface area contributed by atoms with Gasteiger partial charge in [0.25, 0.3) is 0 Å². The summed E-state index contributed by atoms with van der Waals surface area (Å²) in [5.74, 6) is -0.196. The highest BCUT2D eigenvalue weighted by molar-refractivity contribution is 7.89. The molecule has 1 N–H and O–H groups in total. The van der Waals surface area contributed by atoms with Crippen molar-refractivity contribution in [1.29, 1.82) is 0 Å². The number of aromatic nitrogens is 1. The molecule has 34 heavy (non-hydrogen) atoms. The highest BCUT2D eigenvalue weighted by Gasteiger charge is 2.35. The minimum absolute atomic E-state index is 0.0789. The molecule has 1 saturated heterocycles. The van der Waals surface area contributed by atoms with Crippen LogP contribution in [0.25, 0.3) is 0 Å². The first-order chi connectivity index (χ1) is 16.1. The number of carbonyl (C=O) groups is 2. The molecule has 1 aliphatic heterocycles. The average molecular weight is 493 g/mol. The van der Waals surface area contributed by atoms with Crippen molar-refractivity contribution in [1.82, 2.24) is 19.7 Å². The molecule has 1 atom stereocenters. The first-order valence-electron chi connectivity index (χ1n) is 11.3. The lowest BCUT2D eigenvalue weighted by atomic mass is 10.0. The van der Waals surface area contributed by atoms with Crippen LogP contribution in [0.2, 0.25) is 0 Å². The summed E-state index contributed by atoms with van der Waals surface area (Å²) < 4.78 is 38.0. The standard InChI is InChI=1S/C23H32N4O6S/c1-16(2)20(24-23(29)32-15-19-9-6-5-7-10-19)22(28)26-11-8-12-27(14-13-26)34(30,31)21-17(3)25-33-18(21)4/h5-7,9-10,16,20H,8,11-15H2,1-4H3,(H,24,29)/t20-/m0/s1. The number of nitrogens with one attached hydrogen (secondary N) is 1. The maximum absolute atomic E-state index is 13.3. The average Bonchev–Trinajstić information content (AvgIpc) is 3.00. The van der Waals surface area contributed by atoms with Crippen LogP contribution in [-0.2, 0) is 26.2 Å². The van der Waals surface area contributed by atoms with Crippen molar-refractivity contribution in [2.75, 3.05) is 26.2 Å². The molecule has 0 saturated carbocycles. The highest BCUT2D eigenvalue weighted by atomic mass is 32.2. The molecule has 3 rings (SSSR count). The van der Waals surface area contributed by atoms with E-state index in [2.05, 4.69) is 10.5 Å². The first-order valence-corrected chi connectivity index (χ1v) is 12.7. The second-order valence-corrected chi connectivity index (χ2v) is 10.5. The van der Waals surface area contributed by atoms with Crippen molar-refractivity contribution < 1.29 is 27.3 Å². The SMILES string of the molecule is Cc1noc(C)c1S(=O)(=O)N1CCCN(C(=O)[C@@H](NC(=O)OCc2ccccc2)C(C)C)CC1. The fourth-order valence-corrected chi connectivity index (χ4v) is 5.69. The Balaban J connectivity index is 1.63. The summed E-state index contributed by atoms with van der Waals surface area (Å²) in [6.07, 6.45) is -0.203. The van der Waals surface area contributed by atoms with Crippen LogP contribution in [0.3, 0.4) is 0 Å². The van der Waals surface area contributed by atoms with Crippen LogP contribution in [0.15, 0.2) is 39.8 Å². The summed E-state index contributed by atoms with van der Waals surface area (Å²) in [7, 11) is -3.79. The maximum atomic E-state index is 13.3. The summed E-state index contributed by atoms with van der Waals surface area (Å²) in [6.45, 7) is 7.95. The number of hydrogen-bond donors (Lipinski definition) is 1. The summed E-state index contributed by atoms with van der Waals surface area (Å²) in [6, 6.07) is 8.49. The van der Waals surface area contributed by atoms with Gasteiger partial charge in [0.15, 0.2) is 5.76 Å². The Hall–Kier alpha value is -2.92. The Bertz CT molecular complexity index is 1080. The number of amides is 2. The van der Waals surface area contributed by atoms with Gasteiger partial charge in [-0.15, -0.1) is 0 Å². The third-order valence-corrected chi connectivity index (χ3v) is 7.89. The van der Waals surface area contributed by atoms with E-state index >= 15 is 0 Å². The molecular weight excluding hydrogens is 460 g/mol. The molecular formula is C23H32N4O6S. The van der Waals surface area contributed by atoms with E-state index in [-0.39, 0.29) is 48.7 Å². The molecule has 2 heterocycles. The van der Waals surface area contributed by atoms with Crippen molar-refractivity contribution in [3.63, 3.8) is 0 Å². The van der Waals surface area contributed by atoms with Crippen LogP contribution in [0.5, 0.6) is 0 Å². The monoisotopic (exact) mass is 492 g/mol. The number of alkyl carbamates (subject to hydrolysis) is 1. The van der Waals surface area contributed by atoms with E-state index in [0.29, 0.717) is 18.7 Å². The number of rotatable bonds is 7. The number of ether oxygens (including phenoxy) is 1. The molecule has 0 spiro atoms. The molecule has 1 fully saturated rings. The number of benzene rings is 1. The van der Waals surface area contributed by atoms with Crippen LogP contribution in [0.1, 0.15) is 37.3 Å². The van der Waals surface area contributed by atoms with Gasteiger partial charge in [-0.2, -0.15) is 4.31 Å².